The van der Waals surface area contributed by atoms with Crippen molar-refractivity contribution in [3.8, 4) is 22.6 Å². The van der Waals surface area contributed by atoms with Crippen molar-refractivity contribution in [1.82, 2.24) is 14.5 Å². The smallest absolute Gasteiger partial charge is 0.259 e. The monoisotopic (exact) mass is 460 g/mol. The lowest BCUT2D eigenvalue weighted by Crippen LogP contribution is -2.17. The zero-order valence-electron chi connectivity index (χ0n) is 17.0. The van der Waals surface area contributed by atoms with E-state index in [-0.39, 0.29) is 28.6 Å². The predicted octanol–water partition coefficient (Wildman–Crippen LogP) is 3.76. The number of halogens is 2. The van der Waals surface area contributed by atoms with Gasteiger partial charge in [0.05, 0.1) is 22.9 Å². The quantitative estimate of drug-likeness (QED) is 0.456. The number of anilines is 1. The molecule has 0 aliphatic carbocycles. The van der Waals surface area contributed by atoms with Crippen molar-refractivity contribution in [2.75, 3.05) is 10.5 Å². The molecule has 0 amide bonds. The van der Waals surface area contributed by atoms with Crippen LogP contribution < -0.4 is 15.0 Å². The Kier molecular flexibility index (Phi) is 5.43. The lowest BCUT2D eigenvalue weighted by Gasteiger charge is -2.15. The Balaban J connectivity index is 1.93. The number of H-pyrrole nitrogens is 1. The van der Waals surface area contributed by atoms with Crippen LogP contribution in [-0.2, 0) is 17.1 Å². The van der Waals surface area contributed by atoms with Gasteiger partial charge in [0.2, 0.25) is 10.0 Å². The van der Waals surface area contributed by atoms with Crippen LogP contribution in [0.3, 0.4) is 0 Å². The standard InChI is InChI=1S/C21H18F2N4O4S/c1-3-32(29,30)26-19-9-14(15-11-27(2)21(28)13-6-7-24-20(13)15)18(10-25-19)31-17-5-4-12(22)8-16(17)23/h4-11,24H,3H2,1-2H3,(H,25,26). The van der Waals surface area contributed by atoms with Gasteiger partial charge < -0.3 is 14.3 Å². The highest BCUT2D eigenvalue weighted by molar-refractivity contribution is 7.92. The van der Waals surface area contributed by atoms with E-state index < -0.39 is 21.7 Å². The minimum atomic E-state index is -3.62. The molecule has 2 N–H and O–H groups in total. The fourth-order valence-electron chi connectivity index (χ4n) is 3.18. The van der Waals surface area contributed by atoms with Crippen LogP contribution in [0.2, 0.25) is 0 Å². The van der Waals surface area contributed by atoms with Gasteiger partial charge in [-0.3, -0.25) is 9.52 Å². The van der Waals surface area contributed by atoms with Crippen LogP contribution in [0.4, 0.5) is 14.6 Å². The summed E-state index contributed by atoms with van der Waals surface area (Å²) in [6, 6.07) is 5.90. The van der Waals surface area contributed by atoms with Crippen molar-refractivity contribution >= 4 is 26.7 Å². The van der Waals surface area contributed by atoms with Gasteiger partial charge in [0.25, 0.3) is 5.56 Å². The molecule has 4 rings (SSSR count). The second-order valence-corrected chi connectivity index (χ2v) is 8.98. The highest BCUT2D eigenvalue weighted by Gasteiger charge is 2.19. The number of aromatic nitrogens is 3. The lowest BCUT2D eigenvalue weighted by molar-refractivity contribution is 0.437. The molecule has 11 heteroatoms. The van der Waals surface area contributed by atoms with Crippen molar-refractivity contribution in [3.63, 3.8) is 0 Å². The Morgan fingerprint density at radius 3 is 2.66 bits per heavy atom. The third-order valence-electron chi connectivity index (χ3n) is 4.80. The van der Waals surface area contributed by atoms with Crippen LogP contribution in [0.1, 0.15) is 6.92 Å². The summed E-state index contributed by atoms with van der Waals surface area (Å²) in [6.45, 7) is 1.48. The van der Waals surface area contributed by atoms with Crippen molar-refractivity contribution in [3.05, 3.63) is 70.9 Å². The zero-order valence-corrected chi connectivity index (χ0v) is 17.8. The summed E-state index contributed by atoms with van der Waals surface area (Å²) >= 11 is 0. The van der Waals surface area contributed by atoms with Crippen LogP contribution in [0, 0.1) is 11.6 Å². The molecule has 32 heavy (non-hydrogen) atoms. The molecule has 0 unspecified atom stereocenters. The summed E-state index contributed by atoms with van der Waals surface area (Å²) in [4.78, 5) is 19.5. The molecule has 0 atom stereocenters. The molecule has 0 spiro atoms. The number of aromatic amines is 1. The van der Waals surface area contributed by atoms with Crippen molar-refractivity contribution in [2.24, 2.45) is 7.05 Å². The van der Waals surface area contributed by atoms with Gasteiger partial charge in [-0.25, -0.2) is 22.2 Å². The van der Waals surface area contributed by atoms with Gasteiger partial charge in [0.15, 0.2) is 17.3 Å². The summed E-state index contributed by atoms with van der Waals surface area (Å²) in [7, 11) is -2.05. The third-order valence-corrected chi connectivity index (χ3v) is 6.08. The largest absolute Gasteiger partial charge is 0.452 e. The van der Waals surface area contributed by atoms with E-state index in [1.54, 1.807) is 25.5 Å². The Hall–Kier alpha value is -3.73. The van der Waals surface area contributed by atoms with Gasteiger partial charge in [-0.1, -0.05) is 0 Å². The number of hydrogen-bond donors (Lipinski definition) is 2. The molecule has 0 fully saturated rings. The molecule has 3 aromatic heterocycles. The van der Waals surface area contributed by atoms with Crippen molar-refractivity contribution in [1.29, 1.82) is 0 Å². The second-order valence-electron chi connectivity index (χ2n) is 6.97. The van der Waals surface area contributed by atoms with Crippen LogP contribution >= 0.6 is 0 Å². The van der Waals surface area contributed by atoms with E-state index in [0.717, 1.165) is 12.1 Å². The molecule has 0 aliphatic rings. The minimum absolute atomic E-state index is 0.0161. The third kappa shape index (κ3) is 4.06. The Bertz CT molecular complexity index is 1500. The first kappa shape index (κ1) is 21.5. The van der Waals surface area contributed by atoms with Gasteiger partial charge in [-0.2, -0.15) is 0 Å². The van der Waals surface area contributed by atoms with E-state index in [9.17, 15) is 22.0 Å². The molecular weight excluding hydrogens is 442 g/mol. The average Bonchev–Trinajstić information content (AvgIpc) is 3.24. The highest BCUT2D eigenvalue weighted by atomic mass is 32.2. The normalized spacial score (nSPS) is 11.6. The van der Waals surface area contributed by atoms with Gasteiger partial charge in [0, 0.05) is 36.6 Å². The van der Waals surface area contributed by atoms with Crippen molar-refractivity contribution < 1.29 is 21.9 Å². The Labute approximate surface area is 181 Å². The molecule has 0 radical (unpaired) electrons. The van der Waals surface area contributed by atoms with E-state index in [4.69, 9.17) is 4.74 Å². The Morgan fingerprint density at radius 1 is 1.16 bits per heavy atom. The zero-order chi connectivity index (χ0) is 23.0. The topological polar surface area (TPSA) is 106 Å². The van der Waals surface area contributed by atoms with E-state index in [0.29, 0.717) is 28.1 Å². The van der Waals surface area contributed by atoms with Gasteiger partial charge in [0.1, 0.15) is 11.6 Å². The van der Waals surface area contributed by atoms with Gasteiger partial charge >= 0.3 is 0 Å². The first-order chi connectivity index (χ1) is 15.2. The number of rotatable bonds is 6. The number of nitrogens with one attached hydrogen (secondary N) is 2. The van der Waals surface area contributed by atoms with E-state index in [1.165, 1.54) is 23.8 Å². The molecule has 4 aromatic rings. The van der Waals surface area contributed by atoms with Crippen LogP contribution in [0.5, 0.6) is 11.5 Å². The number of benzene rings is 1. The fourth-order valence-corrected chi connectivity index (χ4v) is 3.75. The molecule has 1 aromatic carbocycles. The van der Waals surface area contributed by atoms with Gasteiger partial charge in [-0.15, -0.1) is 0 Å². The molecular formula is C21H18F2N4O4S. The summed E-state index contributed by atoms with van der Waals surface area (Å²) < 4.78 is 60.9. The first-order valence-corrected chi connectivity index (χ1v) is 11.1. The molecule has 8 nitrogen and oxygen atoms in total. The maximum atomic E-state index is 14.2. The summed E-state index contributed by atoms with van der Waals surface area (Å²) in [5, 5.41) is 0.399. The fraction of sp³-hybridized carbons (Fsp3) is 0.143. The minimum Gasteiger partial charge on any atom is -0.452 e. The molecule has 0 aliphatic heterocycles. The maximum Gasteiger partial charge on any atom is 0.259 e. The number of ether oxygens (including phenoxy) is 1. The predicted molar refractivity (Wildman–Crippen MR) is 116 cm³/mol. The van der Waals surface area contributed by atoms with Crippen LogP contribution in [0.15, 0.2) is 53.7 Å². The number of sulfonamides is 1. The van der Waals surface area contributed by atoms with E-state index >= 15 is 0 Å². The maximum absolute atomic E-state index is 14.2. The molecule has 0 bridgehead atoms. The second kappa shape index (κ2) is 8.08. The summed E-state index contributed by atoms with van der Waals surface area (Å²) in [6.07, 6.45) is 4.37. The van der Waals surface area contributed by atoms with E-state index in [1.807, 2.05) is 0 Å². The molecule has 166 valence electrons. The molecule has 0 saturated carbocycles. The van der Waals surface area contributed by atoms with E-state index in [2.05, 4.69) is 14.7 Å². The van der Waals surface area contributed by atoms with Crippen LogP contribution in [0.25, 0.3) is 22.0 Å². The summed E-state index contributed by atoms with van der Waals surface area (Å²) in [5.74, 6) is -2.00. The van der Waals surface area contributed by atoms with Crippen LogP contribution in [-0.4, -0.2) is 28.7 Å². The summed E-state index contributed by atoms with van der Waals surface area (Å²) in [5.41, 5.74) is 1.07. The molecule has 0 saturated heterocycles. The number of hydrogen-bond acceptors (Lipinski definition) is 5. The number of aryl methyl sites for hydroxylation is 1. The SMILES string of the molecule is CCS(=O)(=O)Nc1cc(-c2cn(C)c(=O)c3cc[nH]c23)c(Oc2ccc(F)cc2F)cn1. The Morgan fingerprint density at radius 2 is 1.94 bits per heavy atom. The molecule has 3 heterocycles. The lowest BCUT2D eigenvalue weighted by atomic mass is 10.1. The van der Waals surface area contributed by atoms with Crippen molar-refractivity contribution in [2.45, 2.75) is 6.92 Å². The number of nitrogens with zero attached hydrogens (tertiary/aromatic N) is 2. The average molecular weight is 460 g/mol. The van der Waals surface area contributed by atoms with Gasteiger partial charge in [-0.05, 0) is 31.2 Å². The number of pyridine rings is 2. The first-order valence-electron chi connectivity index (χ1n) is 9.49. The highest BCUT2D eigenvalue weighted by Crippen LogP contribution is 2.37. The number of fused-ring (bicyclic) bond motifs is 1.